The fourth-order valence-electron chi connectivity index (χ4n) is 11.2. The van der Waals surface area contributed by atoms with Gasteiger partial charge in [0.2, 0.25) is 0 Å². The third-order valence-corrected chi connectivity index (χ3v) is 14.2. The van der Waals surface area contributed by atoms with Crippen molar-refractivity contribution in [2.75, 3.05) is 9.80 Å². The van der Waals surface area contributed by atoms with Crippen LogP contribution in [0.2, 0.25) is 0 Å². The quantitative estimate of drug-likeness (QED) is 0.141. The minimum atomic E-state index is 1.10. The summed E-state index contributed by atoms with van der Waals surface area (Å²) in [4.78, 5) is 4.87. The highest BCUT2D eigenvalue weighted by molar-refractivity contribution is 6.23. The first-order valence-electron chi connectivity index (χ1n) is 24.0. The van der Waals surface area contributed by atoms with Crippen LogP contribution in [0, 0.1) is 0 Å². The van der Waals surface area contributed by atoms with Gasteiger partial charge in [-0.15, -0.1) is 0 Å². The Labute approximate surface area is 405 Å². The van der Waals surface area contributed by atoms with Crippen molar-refractivity contribution in [2.24, 2.45) is 0 Å². The molecule has 2 heterocycles. The predicted octanol–water partition coefficient (Wildman–Crippen LogP) is 18.3. The number of fused-ring (bicyclic) bond motifs is 11. The van der Waals surface area contributed by atoms with Crippen LogP contribution in [-0.4, -0.2) is 9.13 Å². The van der Waals surface area contributed by atoms with E-state index in [1.165, 1.54) is 75.9 Å². The van der Waals surface area contributed by atoms with E-state index in [0.717, 1.165) is 45.5 Å². The lowest BCUT2D eigenvalue weighted by atomic mass is 9.94. The normalized spacial score (nSPS) is 11.7. The largest absolute Gasteiger partial charge is 0.310 e. The van der Waals surface area contributed by atoms with E-state index in [-0.39, 0.29) is 0 Å². The highest BCUT2D eigenvalue weighted by Gasteiger charge is 2.23. The summed E-state index contributed by atoms with van der Waals surface area (Å²) in [6.07, 6.45) is 0. The van der Waals surface area contributed by atoms with Gasteiger partial charge in [-0.1, -0.05) is 158 Å². The Balaban J connectivity index is 0.965. The lowest BCUT2D eigenvalue weighted by molar-refractivity contribution is 1.18. The second-order valence-electron chi connectivity index (χ2n) is 18.1. The van der Waals surface area contributed by atoms with Gasteiger partial charge in [-0.3, -0.25) is 0 Å². The third-order valence-electron chi connectivity index (χ3n) is 14.2. The molecule has 70 heavy (non-hydrogen) atoms. The van der Waals surface area contributed by atoms with E-state index in [1.807, 2.05) is 0 Å². The van der Waals surface area contributed by atoms with Crippen LogP contribution in [0.3, 0.4) is 0 Å². The lowest BCUT2D eigenvalue weighted by Crippen LogP contribution is -2.11. The van der Waals surface area contributed by atoms with Crippen molar-refractivity contribution in [1.29, 1.82) is 0 Å². The molecule has 4 heteroatoms. The average Bonchev–Trinajstić information content (AvgIpc) is 3.94. The van der Waals surface area contributed by atoms with E-state index in [4.69, 9.17) is 0 Å². The Morgan fingerprint density at radius 1 is 0.229 bits per heavy atom. The molecule has 0 radical (unpaired) electrons. The Hall–Kier alpha value is -9.38. The van der Waals surface area contributed by atoms with Gasteiger partial charge >= 0.3 is 0 Å². The van der Waals surface area contributed by atoms with Crippen molar-refractivity contribution in [2.45, 2.75) is 0 Å². The van der Waals surface area contributed by atoms with Crippen molar-refractivity contribution in [3.63, 3.8) is 0 Å². The number of hydrogen-bond acceptors (Lipinski definition) is 2. The maximum absolute atomic E-state index is 2.44. The van der Waals surface area contributed by atoms with E-state index < -0.39 is 0 Å². The van der Waals surface area contributed by atoms with Crippen LogP contribution in [0.25, 0.3) is 87.3 Å². The zero-order valence-corrected chi connectivity index (χ0v) is 38.2. The van der Waals surface area contributed by atoms with Gasteiger partial charge in [-0.05, 0) is 131 Å². The topological polar surface area (TPSA) is 16.3 Å². The standard InChI is InChI=1S/C66H44N4/c1-5-20-46(21-6-1)67(50-36-41-63-58(43-50)54-28-13-15-31-61(54)69(63)48-24-9-3-10-25-48)60-33-18-30-52-53-38-35-45-19-17-34-65(66(45)57(53)40-39-56(52)60)68(47-22-7-2-8-23-47)51-37-42-64-59(44-51)55-29-14-16-32-62(55)70(64)49-26-11-4-12-27-49/h1-44H. The van der Waals surface area contributed by atoms with Crippen LogP contribution >= 0.6 is 0 Å². The van der Waals surface area contributed by atoms with Crippen molar-refractivity contribution in [3.8, 4) is 11.4 Å². The third kappa shape index (κ3) is 6.24. The molecule has 4 nitrogen and oxygen atoms in total. The van der Waals surface area contributed by atoms with Gasteiger partial charge < -0.3 is 18.9 Å². The van der Waals surface area contributed by atoms with Crippen LogP contribution in [-0.2, 0) is 0 Å². The van der Waals surface area contributed by atoms with E-state index in [0.29, 0.717) is 0 Å². The number of nitrogens with zero attached hydrogens (tertiary/aromatic N) is 4. The Morgan fingerprint density at radius 2 is 0.643 bits per heavy atom. The summed E-state index contributed by atoms with van der Waals surface area (Å²) in [5, 5.41) is 12.1. The molecule has 0 fully saturated rings. The molecule has 0 N–H and O–H groups in total. The Bertz CT molecular complexity index is 4290. The van der Waals surface area contributed by atoms with Crippen molar-refractivity contribution in [1.82, 2.24) is 9.13 Å². The molecule has 14 aromatic rings. The first-order valence-corrected chi connectivity index (χ1v) is 24.0. The van der Waals surface area contributed by atoms with E-state index in [9.17, 15) is 0 Å². The molecule has 0 saturated heterocycles. The summed E-state index contributed by atoms with van der Waals surface area (Å²) < 4.78 is 4.76. The number of hydrogen-bond donors (Lipinski definition) is 0. The predicted molar refractivity (Wildman–Crippen MR) is 297 cm³/mol. The van der Waals surface area contributed by atoms with E-state index >= 15 is 0 Å². The Kier molecular flexibility index (Phi) is 9.17. The van der Waals surface area contributed by atoms with Crippen LogP contribution in [0.1, 0.15) is 0 Å². The molecule has 0 bridgehead atoms. The van der Waals surface area contributed by atoms with Gasteiger partial charge in [0, 0.05) is 66.4 Å². The van der Waals surface area contributed by atoms with Gasteiger partial charge in [-0.25, -0.2) is 0 Å². The van der Waals surface area contributed by atoms with Gasteiger partial charge in [-0.2, -0.15) is 0 Å². The summed E-state index contributed by atoms with van der Waals surface area (Å²) >= 11 is 0. The zero-order chi connectivity index (χ0) is 46.1. The van der Waals surface area contributed by atoms with Gasteiger partial charge in [0.15, 0.2) is 0 Å². The van der Waals surface area contributed by atoms with Crippen molar-refractivity contribution in [3.05, 3.63) is 267 Å². The first kappa shape index (κ1) is 39.8. The molecule has 0 atom stereocenters. The summed E-state index contributed by atoms with van der Waals surface area (Å²) in [6, 6.07) is 97.2. The number of para-hydroxylation sites is 6. The molecule has 0 aliphatic rings. The fraction of sp³-hybridized carbons (Fsp3) is 0. The molecule has 0 unspecified atom stereocenters. The summed E-state index contributed by atoms with van der Waals surface area (Å²) in [6.45, 7) is 0. The molecule has 328 valence electrons. The van der Waals surface area contributed by atoms with Crippen LogP contribution in [0.5, 0.6) is 0 Å². The number of anilines is 6. The minimum absolute atomic E-state index is 1.10. The summed E-state index contributed by atoms with van der Waals surface area (Å²) in [7, 11) is 0. The molecule has 0 saturated carbocycles. The van der Waals surface area contributed by atoms with Gasteiger partial charge in [0.1, 0.15) is 0 Å². The number of benzene rings is 12. The highest BCUT2D eigenvalue weighted by Crippen LogP contribution is 2.47. The molecule has 0 spiro atoms. The maximum Gasteiger partial charge on any atom is 0.0546 e. The summed E-state index contributed by atoms with van der Waals surface area (Å²) in [5.41, 5.74) is 13.7. The fourth-order valence-corrected chi connectivity index (χ4v) is 11.2. The molecular formula is C66H44N4. The van der Waals surface area contributed by atoms with E-state index in [2.05, 4.69) is 286 Å². The second-order valence-corrected chi connectivity index (χ2v) is 18.1. The summed E-state index contributed by atoms with van der Waals surface area (Å²) in [5.74, 6) is 0. The zero-order valence-electron chi connectivity index (χ0n) is 38.2. The maximum atomic E-state index is 2.44. The molecule has 2 aromatic heterocycles. The SMILES string of the molecule is c1ccc(N(c2ccc3c(c2)c2ccccc2n3-c2ccccc2)c2cccc3c2ccc2c3ccc3cccc(N(c4ccccc4)c4ccc5c(c4)c4ccccc4n5-c4ccccc4)c32)cc1. The molecule has 0 aliphatic carbocycles. The molecule has 14 rings (SSSR count). The van der Waals surface area contributed by atoms with Gasteiger partial charge in [0.25, 0.3) is 0 Å². The van der Waals surface area contributed by atoms with Crippen molar-refractivity contribution < 1.29 is 0 Å². The van der Waals surface area contributed by atoms with Crippen LogP contribution in [0.15, 0.2) is 267 Å². The minimum Gasteiger partial charge on any atom is -0.310 e. The number of rotatable bonds is 8. The number of aromatic nitrogens is 2. The first-order chi connectivity index (χ1) is 34.8. The highest BCUT2D eigenvalue weighted by atomic mass is 15.2. The molecule has 12 aromatic carbocycles. The average molecular weight is 893 g/mol. The smallest absolute Gasteiger partial charge is 0.0546 e. The van der Waals surface area contributed by atoms with Crippen LogP contribution < -0.4 is 9.80 Å². The monoisotopic (exact) mass is 892 g/mol. The molecule has 0 aliphatic heterocycles. The lowest BCUT2D eigenvalue weighted by Gasteiger charge is -2.28. The van der Waals surface area contributed by atoms with Crippen LogP contribution in [0.4, 0.5) is 34.1 Å². The van der Waals surface area contributed by atoms with Gasteiger partial charge in [0.05, 0.1) is 33.4 Å². The van der Waals surface area contributed by atoms with E-state index in [1.54, 1.807) is 0 Å². The second kappa shape index (κ2) is 16.2. The molecule has 0 amide bonds. The van der Waals surface area contributed by atoms with Crippen molar-refractivity contribution >= 4 is 110 Å². The molecular weight excluding hydrogens is 849 g/mol. The Morgan fingerprint density at radius 3 is 1.21 bits per heavy atom.